The third-order valence-corrected chi connectivity index (χ3v) is 2.48. The number of hydrazone groups is 1. The Balaban J connectivity index is 1.95. The highest BCUT2D eigenvalue weighted by molar-refractivity contribution is 5.71. The van der Waals surface area contributed by atoms with Gasteiger partial charge in [0.15, 0.2) is 0 Å². The molecule has 2 rings (SSSR count). The van der Waals surface area contributed by atoms with Gasteiger partial charge < -0.3 is 4.74 Å². The average molecular weight is 231 g/mol. The summed E-state index contributed by atoms with van der Waals surface area (Å²) in [6.07, 6.45) is 8.70. The van der Waals surface area contributed by atoms with Crippen LogP contribution in [0.3, 0.4) is 0 Å². The van der Waals surface area contributed by atoms with Crippen LogP contribution in [0.15, 0.2) is 29.5 Å². The van der Waals surface area contributed by atoms with Gasteiger partial charge in [0.25, 0.3) is 0 Å². The second-order valence-corrected chi connectivity index (χ2v) is 3.86. The summed E-state index contributed by atoms with van der Waals surface area (Å²) >= 11 is 0. The first-order chi connectivity index (χ1) is 8.40. The molecule has 4 heteroatoms. The van der Waals surface area contributed by atoms with Crippen molar-refractivity contribution in [3.8, 4) is 5.75 Å². The van der Waals surface area contributed by atoms with Crippen LogP contribution < -0.4 is 10.2 Å². The van der Waals surface area contributed by atoms with E-state index in [-0.39, 0.29) is 0 Å². The zero-order chi connectivity index (χ0) is 11.9. The molecule has 1 aliphatic rings. The van der Waals surface area contributed by atoms with Crippen molar-refractivity contribution in [1.82, 2.24) is 10.4 Å². The van der Waals surface area contributed by atoms with E-state index in [1.165, 1.54) is 0 Å². The van der Waals surface area contributed by atoms with Crippen molar-refractivity contribution in [2.75, 3.05) is 6.61 Å². The first-order valence-corrected chi connectivity index (χ1v) is 5.97. The molecular formula is C13H17N3O. The van der Waals surface area contributed by atoms with Gasteiger partial charge in [-0.3, -0.25) is 10.4 Å². The molecule has 0 aliphatic carbocycles. The SMILES string of the molecule is CCCCOc1ccc(C2=CCC=NN2)nc1. The number of ether oxygens (including phenoxy) is 1. The van der Waals surface area contributed by atoms with E-state index in [1.807, 2.05) is 18.3 Å². The Bertz CT molecular complexity index is 409. The van der Waals surface area contributed by atoms with E-state index in [4.69, 9.17) is 4.74 Å². The first kappa shape index (κ1) is 11.6. The van der Waals surface area contributed by atoms with Crippen molar-refractivity contribution < 1.29 is 4.74 Å². The second kappa shape index (κ2) is 6.03. The van der Waals surface area contributed by atoms with Crippen LogP contribution in [0.4, 0.5) is 0 Å². The third-order valence-electron chi connectivity index (χ3n) is 2.48. The van der Waals surface area contributed by atoms with Gasteiger partial charge >= 0.3 is 0 Å². The van der Waals surface area contributed by atoms with E-state index in [1.54, 1.807) is 6.20 Å². The molecule has 1 aliphatic heterocycles. The molecule has 1 aromatic rings. The first-order valence-electron chi connectivity index (χ1n) is 5.97. The minimum Gasteiger partial charge on any atom is -0.492 e. The van der Waals surface area contributed by atoms with Crippen LogP contribution in [0.25, 0.3) is 5.70 Å². The molecule has 1 N–H and O–H groups in total. The summed E-state index contributed by atoms with van der Waals surface area (Å²) in [5.41, 5.74) is 4.78. The van der Waals surface area contributed by atoms with E-state index >= 15 is 0 Å². The smallest absolute Gasteiger partial charge is 0.137 e. The van der Waals surface area contributed by atoms with E-state index in [0.717, 1.165) is 43.0 Å². The van der Waals surface area contributed by atoms with Crippen molar-refractivity contribution in [2.45, 2.75) is 26.2 Å². The van der Waals surface area contributed by atoms with Crippen molar-refractivity contribution >= 4 is 11.9 Å². The number of rotatable bonds is 5. The highest BCUT2D eigenvalue weighted by Gasteiger charge is 2.04. The molecule has 2 heterocycles. The van der Waals surface area contributed by atoms with Crippen molar-refractivity contribution in [1.29, 1.82) is 0 Å². The average Bonchev–Trinajstić information content (AvgIpc) is 2.41. The number of hydrogen-bond acceptors (Lipinski definition) is 4. The normalized spacial score (nSPS) is 14.1. The number of hydrogen-bond donors (Lipinski definition) is 1. The maximum atomic E-state index is 5.56. The van der Waals surface area contributed by atoms with Crippen LogP contribution in [-0.2, 0) is 0 Å². The Kier molecular flexibility index (Phi) is 4.13. The summed E-state index contributed by atoms with van der Waals surface area (Å²) in [6, 6.07) is 3.89. The van der Waals surface area contributed by atoms with E-state index in [0.29, 0.717) is 0 Å². The topological polar surface area (TPSA) is 46.5 Å². The number of pyridine rings is 1. The number of nitrogens with one attached hydrogen (secondary N) is 1. The second-order valence-electron chi connectivity index (χ2n) is 3.86. The van der Waals surface area contributed by atoms with Gasteiger partial charge in [-0.2, -0.15) is 5.10 Å². The Hall–Kier alpha value is -1.84. The lowest BCUT2D eigenvalue weighted by Crippen LogP contribution is -2.09. The summed E-state index contributed by atoms with van der Waals surface area (Å²) in [6.45, 7) is 2.90. The Labute approximate surface area is 101 Å². The summed E-state index contributed by atoms with van der Waals surface area (Å²) < 4.78 is 5.56. The maximum Gasteiger partial charge on any atom is 0.137 e. The van der Waals surface area contributed by atoms with Gasteiger partial charge in [0, 0.05) is 12.6 Å². The largest absolute Gasteiger partial charge is 0.492 e. The van der Waals surface area contributed by atoms with Crippen LogP contribution in [0, 0.1) is 0 Å². The fourth-order valence-corrected chi connectivity index (χ4v) is 1.51. The minimum absolute atomic E-state index is 0.753. The lowest BCUT2D eigenvalue weighted by molar-refractivity contribution is 0.308. The maximum absolute atomic E-state index is 5.56. The van der Waals surface area contributed by atoms with Crippen LogP contribution in [-0.4, -0.2) is 17.8 Å². The molecule has 4 nitrogen and oxygen atoms in total. The van der Waals surface area contributed by atoms with Gasteiger partial charge in [-0.25, -0.2) is 0 Å². The van der Waals surface area contributed by atoms with Crippen molar-refractivity contribution in [3.05, 3.63) is 30.1 Å². The minimum atomic E-state index is 0.753. The Morgan fingerprint density at radius 3 is 3.00 bits per heavy atom. The van der Waals surface area contributed by atoms with E-state index in [2.05, 4.69) is 28.5 Å². The molecule has 0 fully saturated rings. The molecule has 0 atom stereocenters. The Morgan fingerprint density at radius 1 is 1.41 bits per heavy atom. The van der Waals surface area contributed by atoms with Gasteiger partial charge in [-0.05, 0) is 18.6 Å². The van der Waals surface area contributed by atoms with Crippen molar-refractivity contribution in [2.24, 2.45) is 5.10 Å². The number of allylic oxidation sites excluding steroid dienone is 1. The van der Waals surface area contributed by atoms with Crippen LogP contribution in [0.5, 0.6) is 5.75 Å². The molecule has 0 radical (unpaired) electrons. The molecule has 1 aromatic heterocycles. The lowest BCUT2D eigenvalue weighted by atomic mass is 10.2. The van der Waals surface area contributed by atoms with E-state index in [9.17, 15) is 0 Å². The van der Waals surface area contributed by atoms with Gasteiger partial charge in [-0.1, -0.05) is 19.4 Å². The van der Waals surface area contributed by atoms with Gasteiger partial charge in [0.05, 0.1) is 24.2 Å². The zero-order valence-corrected chi connectivity index (χ0v) is 10.0. The molecule has 0 aromatic carbocycles. The number of nitrogens with zero attached hydrogens (tertiary/aromatic N) is 2. The van der Waals surface area contributed by atoms with Gasteiger partial charge in [-0.15, -0.1) is 0 Å². The molecule has 17 heavy (non-hydrogen) atoms. The molecule has 0 saturated heterocycles. The van der Waals surface area contributed by atoms with Crippen LogP contribution in [0.2, 0.25) is 0 Å². The molecular weight excluding hydrogens is 214 g/mol. The highest BCUT2D eigenvalue weighted by atomic mass is 16.5. The quantitative estimate of drug-likeness (QED) is 0.792. The predicted molar refractivity (Wildman–Crippen MR) is 68.9 cm³/mol. The molecule has 0 bridgehead atoms. The molecule has 0 saturated carbocycles. The van der Waals surface area contributed by atoms with E-state index < -0.39 is 0 Å². The van der Waals surface area contributed by atoms with Gasteiger partial charge in [0.2, 0.25) is 0 Å². The predicted octanol–water partition coefficient (Wildman–Crippen LogP) is 2.58. The fraction of sp³-hybridized carbons (Fsp3) is 0.385. The molecule has 0 unspecified atom stereocenters. The fourth-order valence-electron chi connectivity index (χ4n) is 1.51. The summed E-state index contributed by atoms with van der Waals surface area (Å²) in [5.74, 6) is 0.821. The number of aromatic nitrogens is 1. The standard InChI is InChI=1S/C13H17N3O/c1-2-3-9-17-11-6-7-12(14-10-11)13-5-4-8-15-16-13/h5-8,10,16H,2-4,9H2,1H3. The monoisotopic (exact) mass is 231 g/mol. The molecule has 0 amide bonds. The third kappa shape index (κ3) is 3.31. The van der Waals surface area contributed by atoms with Gasteiger partial charge in [0.1, 0.15) is 5.75 Å². The lowest BCUT2D eigenvalue weighted by Gasteiger charge is -2.10. The summed E-state index contributed by atoms with van der Waals surface area (Å²) in [4.78, 5) is 4.35. The van der Waals surface area contributed by atoms with Crippen LogP contribution in [0.1, 0.15) is 31.9 Å². The number of unbranched alkanes of at least 4 members (excludes halogenated alkanes) is 1. The van der Waals surface area contributed by atoms with Crippen LogP contribution >= 0.6 is 0 Å². The Morgan fingerprint density at radius 2 is 2.35 bits per heavy atom. The zero-order valence-electron chi connectivity index (χ0n) is 10.0. The summed E-state index contributed by atoms with van der Waals surface area (Å²) in [7, 11) is 0. The van der Waals surface area contributed by atoms with Crippen molar-refractivity contribution in [3.63, 3.8) is 0 Å². The highest BCUT2D eigenvalue weighted by Crippen LogP contribution is 2.15. The summed E-state index contributed by atoms with van der Waals surface area (Å²) in [5, 5.41) is 4.00. The molecule has 0 spiro atoms. The molecule has 90 valence electrons.